The van der Waals surface area contributed by atoms with E-state index in [-0.39, 0.29) is 17.2 Å². The van der Waals surface area contributed by atoms with Gasteiger partial charge in [-0.3, -0.25) is 4.79 Å². The van der Waals surface area contributed by atoms with Crippen molar-refractivity contribution in [3.8, 4) is 5.75 Å². The number of amides is 1. The summed E-state index contributed by atoms with van der Waals surface area (Å²) in [5.74, 6) is 1.03. The molecule has 1 aliphatic rings. The Balaban J connectivity index is 2.18. The van der Waals surface area contributed by atoms with Crippen LogP contribution in [0.4, 0.5) is 0 Å². The normalized spacial score (nSPS) is 14.8. The molecule has 0 atom stereocenters. The number of carbonyl (C=O) groups excluding carboxylic acids is 1. The van der Waals surface area contributed by atoms with E-state index in [0.29, 0.717) is 17.2 Å². The van der Waals surface area contributed by atoms with E-state index in [2.05, 4.69) is 0 Å². The number of nitrogens with two attached hydrogens (primary N) is 1. The molecule has 0 saturated heterocycles. The highest BCUT2D eigenvalue weighted by Gasteiger charge is 2.25. The van der Waals surface area contributed by atoms with Crippen molar-refractivity contribution in [1.82, 2.24) is 4.90 Å². The number of hydrogen-bond donors (Lipinski definition) is 1. The number of ether oxygens (including phenoxy) is 1. The molecule has 1 aliphatic carbocycles. The Morgan fingerprint density at radius 3 is 2.62 bits per heavy atom. The molecule has 2 N–H and O–H groups in total. The number of rotatable bonds is 6. The molecule has 1 saturated carbocycles. The van der Waals surface area contributed by atoms with Crippen LogP contribution >= 0.6 is 0 Å². The maximum absolute atomic E-state index is 12.2. The van der Waals surface area contributed by atoms with Gasteiger partial charge in [0.15, 0.2) is 0 Å². The van der Waals surface area contributed by atoms with Gasteiger partial charge < -0.3 is 9.64 Å². The minimum atomic E-state index is -3.80. The van der Waals surface area contributed by atoms with Crippen LogP contribution < -0.4 is 9.88 Å². The summed E-state index contributed by atoms with van der Waals surface area (Å²) >= 11 is 0. The lowest BCUT2D eigenvalue weighted by atomic mass is 10.1. The van der Waals surface area contributed by atoms with Crippen LogP contribution in [0.1, 0.15) is 18.4 Å². The summed E-state index contributed by atoms with van der Waals surface area (Å²) in [5, 5.41) is 5.12. The predicted octanol–water partition coefficient (Wildman–Crippen LogP) is 0.753. The van der Waals surface area contributed by atoms with Crippen LogP contribution in [0.2, 0.25) is 0 Å². The molecule has 0 radical (unpaired) electrons. The Bertz CT molecular complexity index is 638. The van der Waals surface area contributed by atoms with E-state index in [1.54, 1.807) is 11.9 Å². The number of carbonyl (C=O) groups is 1. The predicted molar refractivity (Wildman–Crippen MR) is 78.4 cm³/mol. The Labute approximate surface area is 124 Å². The van der Waals surface area contributed by atoms with Crippen molar-refractivity contribution in [2.75, 3.05) is 20.7 Å². The van der Waals surface area contributed by atoms with E-state index in [1.807, 2.05) is 0 Å². The number of hydrogen-bond acceptors (Lipinski definition) is 4. The first-order valence-corrected chi connectivity index (χ1v) is 8.29. The van der Waals surface area contributed by atoms with Gasteiger partial charge in [-0.2, -0.15) is 0 Å². The van der Waals surface area contributed by atoms with Crippen molar-refractivity contribution in [2.45, 2.75) is 24.2 Å². The molecule has 0 aliphatic heterocycles. The van der Waals surface area contributed by atoms with Crippen molar-refractivity contribution in [3.05, 3.63) is 23.8 Å². The summed E-state index contributed by atoms with van der Waals surface area (Å²) in [5.41, 5.74) is 0.525. The first-order valence-electron chi connectivity index (χ1n) is 6.75. The van der Waals surface area contributed by atoms with Crippen LogP contribution in [0.25, 0.3) is 0 Å². The average Bonchev–Trinajstić information content (AvgIpc) is 3.21. The standard InChI is InChI=1S/C14H20N2O4S/c1-16(9-10-3-4-10)14(17)8-11-7-12(21(15,18)19)5-6-13(11)20-2/h5-7,10H,3-4,8-9H2,1-2H3,(H2,15,18,19). The fourth-order valence-electron chi connectivity index (χ4n) is 2.16. The highest BCUT2D eigenvalue weighted by Crippen LogP contribution is 2.29. The topological polar surface area (TPSA) is 89.7 Å². The van der Waals surface area contributed by atoms with Gasteiger partial charge in [0, 0.05) is 19.2 Å². The SMILES string of the molecule is COc1ccc(S(N)(=O)=O)cc1CC(=O)N(C)CC1CC1. The van der Waals surface area contributed by atoms with Gasteiger partial charge in [-0.25, -0.2) is 13.6 Å². The summed E-state index contributed by atoms with van der Waals surface area (Å²) in [6, 6.07) is 4.29. The molecule has 116 valence electrons. The third kappa shape index (κ3) is 4.18. The fourth-order valence-corrected chi connectivity index (χ4v) is 2.72. The van der Waals surface area contributed by atoms with E-state index in [9.17, 15) is 13.2 Å². The van der Waals surface area contributed by atoms with Crippen LogP contribution in [-0.4, -0.2) is 39.9 Å². The van der Waals surface area contributed by atoms with E-state index < -0.39 is 10.0 Å². The Hall–Kier alpha value is -1.60. The van der Waals surface area contributed by atoms with Crippen molar-refractivity contribution >= 4 is 15.9 Å². The van der Waals surface area contributed by atoms with Gasteiger partial charge >= 0.3 is 0 Å². The van der Waals surface area contributed by atoms with Crippen molar-refractivity contribution < 1.29 is 17.9 Å². The van der Waals surface area contributed by atoms with Crippen LogP contribution in [0.5, 0.6) is 5.75 Å². The zero-order valence-corrected chi connectivity index (χ0v) is 13.0. The maximum atomic E-state index is 12.2. The number of likely N-dealkylation sites (N-methyl/N-ethyl adjacent to an activating group) is 1. The quantitative estimate of drug-likeness (QED) is 0.839. The summed E-state index contributed by atoms with van der Waals surface area (Å²) in [6.07, 6.45) is 2.43. The Morgan fingerprint density at radius 1 is 1.43 bits per heavy atom. The smallest absolute Gasteiger partial charge is 0.238 e. The highest BCUT2D eigenvalue weighted by molar-refractivity contribution is 7.89. The molecule has 1 aromatic rings. The number of benzene rings is 1. The van der Waals surface area contributed by atoms with E-state index in [0.717, 1.165) is 6.54 Å². The van der Waals surface area contributed by atoms with E-state index in [1.165, 1.54) is 38.2 Å². The largest absolute Gasteiger partial charge is 0.496 e. The maximum Gasteiger partial charge on any atom is 0.238 e. The zero-order valence-electron chi connectivity index (χ0n) is 12.2. The van der Waals surface area contributed by atoms with Gasteiger partial charge in [-0.05, 0) is 37.0 Å². The van der Waals surface area contributed by atoms with Gasteiger partial charge in [-0.15, -0.1) is 0 Å². The monoisotopic (exact) mass is 312 g/mol. The molecule has 0 heterocycles. The Kier molecular flexibility index (Phi) is 4.53. The number of methoxy groups -OCH3 is 1. The van der Waals surface area contributed by atoms with Crippen molar-refractivity contribution in [2.24, 2.45) is 11.1 Å². The van der Waals surface area contributed by atoms with Gasteiger partial charge in [0.25, 0.3) is 0 Å². The molecule has 1 aromatic carbocycles. The van der Waals surface area contributed by atoms with Gasteiger partial charge in [0.05, 0.1) is 18.4 Å². The molecule has 21 heavy (non-hydrogen) atoms. The summed E-state index contributed by atoms with van der Waals surface area (Å²) in [6.45, 7) is 0.746. The second kappa shape index (κ2) is 6.03. The second-order valence-corrected chi connectivity index (χ2v) is 6.97. The number of sulfonamides is 1. The van der Waals surface area contributed by atoms with Crippen LogP contribution in [0.3, 0.4) is 0 Å². The Morgan fingerprint density at radius 2 is 2.10 bits per heavy atom. The fraction of sp³-hybridized carbons (Fsp3) is 0.500. The lowest BCUT2D eigenvalue weighted by Gasteiger charge is -2.18. The first-order chi connectivity index (χ1) is 9.81. The van der Waals surface area contributed by atoms with Gasteiger partial charge in [-0.1, -0.05) is 0 Å². The summed E-state index contributed by atoms with van der Waals surface area (Å²) in [4.78, 5) is 13.9. The average molecular weight is 312 g/mol. The van der Waals surface area contributed by atoms with Crippen LogP contribution in [0.15, 0.2) is 23.1 Å². The molecule has 0 spiro atoms. The molecule has 0 aromatic heterocycles. The second-order valence-electron chi connectivity index (χ2n) is 5.41. The molecule has 1 amide bonds. The summed E-state index contributed by atoms with van der Waals surface area (Å²) in [7, 11) is -0.555. The van der Waals surface area contributed by atoms with Crippen molar-refractivity contribution in [3.63, 3.8) is 0 Å². The molecule has 6 nitrogen and oxygen atoms in total. The molecule has 0 unspecified atom stereocenters. The molecule has 1 fully saturated rings. The third-order valence-corrected chi connectivity index (χ3v) is 4.49. The molecular formula is C14H20N2O4S. The van der Waals surface area contributed by atoms with Gasteiger partial charge in [0.2, 0.25) is 15.9 Å². The lowest BCUT2D eigenvalue weighted by Crippen LogP contribution is -2.30. The first kappa shape index (κ1) is 15.8. The minimum Gasteiger partial charge on any atom is -0.496 e. The molecule has 7 heteroatoms. The minimum absolute atomic E-state index is 0.0176. The molecule has 0 bridgehead atoms. The van der Waals surface area contributed by atoms with Crippen LogP contribution in [0, 0.1) is 5.92 Å². The third-order valence-electron chi connectivity index (χ3n) is 3.58. The van der Waals surface area contributed by atoms with E-state index >= 15 is 0 Å². The lowest BCUT2D eigenvalue weighted by molar-refractivity contribution is -0.129. The summed E-state index contributed by atoms with van der Waals surface area (Å²) < 4.78 is 28.0. The number of nitrogens with zero attached hydrogens (tertiary/aromatic N) is 1. The van der Waals surface area contributed by atoms with Crippen LogP contribution in [-0.2, 0) is 21.2 Å². The molecule has 2 rings (SSSR count). The highest BCUT2D eigenvalue weighted by atomic mass is 32.2. The zero-order chi connectivity index (χ0) is 15.6. The number of primary sulfonamides is 1. The van der Waals surface area contributed by atoms with Crippen molar-refractivity contribution in [1.29, 1.82) is 0 Å². The molecular weight excluding hydrogens is 292 g/mol. The van der Waals surface area contributed by atoms with Gasteiger partial charge in [0.1, 0.15) is 5.75 Å². The van der Waals surface area contributed by atoms with E-state index in [4.69, 9.17) is 9.88 Å².